The lowest BCUT2D eigenvalue weighted by Crippen LogP contribution is -2.06. The highest BCUT2D eigenvalue weighted by molar-refractivity contribution is 7.99. The van der Waals surface area contributed by atoms with Crippen LogP contribution in [-0.4, -0.2) is 62.0 Å². The Kier molecular flexibility index (Phi) is 9.44. The van der Waals surface area contributed by atoms with E-state index in [0.29, 0.717) is 11.5 Å². The molecule has 0 aliphatic rings. The number of hydrogen-bond donors (Lipinski definition) is 2. The molecule has 33 heavy (non-hydrogen) atoms. The van der Waals surface area contributed by atoms with Crippen LogP contribution in [0.15, 0.2) is 82.6 Å². The van der Waals surface area contributed by atoms with Gasteiger partial charge < -0.3 is 10.2 Å². The largest absolute Gasteiger partial charge is 0.478 e. The van der Waals surface area contributed by atoms with Gasteiger partial charge in [0.15, 0.2) is 19.7 Å². The maximum atomic E-state index is 12.2. The molecule has 2 N–H and O–H groups in total. The first-order chi connectivity index (χ1) is 15.5. The second-order valence-electron chi connectivity index (χ2n) is 6.70. The van der Waals surface area contributed by atoms with Crippen molar-refractivity contribution in [2.24, 2.45) is 0 Å². The second kappa shape index (κ2) is 11.8. The van der Waals surface area contributed by atoms with Crippen LogP contribution in [0.2, 0.25) is 0 Å². The lowest BCUT2D eigenvalue weighted by atomic mass is 10.2. The topological polar surface area (TPSA) is 143 Å². The van der Waals surface area contributed by atoms with E-state index in [1.54, 1.807) is 12.2 Å². The van der Waals surface area contributed by atoms with E-state index in [2.05, 4.69) is 0 Å². The Morgan fingerprint density at radius 1 is 0.636 bits per heavy atom. The van der Waals surface area contributed by atoms with Gasteiger partial charge in [-0.15, -0.1) is 0 Å². The van der Waals surface area contributed by atoms with Crippen LogP contribution < -0.4 is 0 Å². The highest BCUT2D eigenvalue weighted by Crippen LogP contribution is 2.14. The Morgan fingerprint density at radius 3 is 1.27 bits per heavy atom. The molecule has 0 radical (unpaired) electrons. The Labute approximate surface area is 196 Å². The van der Waals surface area contributed by atoms with Crippen LogP contribution in [-0.2, 0) is 19.7 Å². The average Bonchev–Trinajstić information content (AvgIpc) is 2.78. The number of carbonyl (C=O) groups is 2. The van der Waals surface area contributed by atoms with Gasteiger partial charge in [-0.25, -0.2) is 26.4 Å². The summed E-state index contributed by atoms with van der Waals surface area (Å²) in [5, 5.41) is 17.7. The average molecular weight is 511 g/mol. The van der Waals surface area contributed by atoms with Crippen LogP contribution in [0.4, 0.5) is 0 Å². The molecule has 2 rings (SSSR count). The monoisotopic (exact) mass is 510 g/mol. The van der Waals surface area contributed by atoms with Gasteiger partial charge in [0.2, 0.25) is 0 Å². The third kappa shape index (κ3) is 8.19. The molecule has 0 amide bonds. The van der Waals surface area contributed by atoms with Crippen LogP contribution >= 0.6 is 11.8 Å². The summed E-state index contributed by atoms with van der Waals surface area (Å²) in [5.74, 6) is -1.62. The first kappa shape index (κ1) is 26.4. The number of carboxylic acid groups (broad SMARTS) is 2. The Balaban J connectivity index is 1.74. The quantitative estimate of drug-likeness (QED) is 0.325. The van der Waals surface area contributed by atoms with Crippen molar-refractivity contribution in [2.45, 2.75) is 9.79 Å². The lowest BCUT2D eigenvalue weighted by Gasteiger charge is -2.02. The molecule has 2 aromatic rings. The molecular formula is C22H22O8S3. The molecule has 0 spiro atoms. The minimum Gasteiger partial charge on any atom is -0.478 e. The third-order valence-corrected chi connectivity index (χ3v) is 8.41. The molecule has 176 valence electrons. The van der Waals surface area contributed by atoms with E-state index >= 15 is 0 Å². The van der Waals surface area contributed by atoms with Crippen molar-refractivity contribution in [3.8, 4) is 0 Å². The highest BCUT2D eigenvalue weighted by Gasteiger charge is 2.14. The summed E-state index contributed by atoms with van der Waals surface area (Å²) < 4.78 is 49.0. The summed E-state index contributed by atoms with van der Waals surface area (Å²) in [7, 11) is -7.11. The van der Waals surface area contributed by atoms with Crippen molar-refractivity contribution in [1.29, 1.82) is 0 Å². The number of carboxylic acids is 2. The van der Waals surface area contributed by atoms with Gasteiger partial charge in [0.05, 0.1) is 32.4 Å². The van der Waals surface area contributed by atoms with Crippen molar-refractivity contribution < 1.29 is 36.6 Å². The summed E-state index contributed by atoms with van der Waals surface area (Å²) in [6.07, 6.45) is 6.43. The molecule has 0 aromatic heterocycles. The molecule has 2 aromatic carbocycles. The minimum atomic E-state index is -3.56. The van der Waals surface area contributed by atoms with Crippen molar-refractivity contribution >= 4 is 43.4 Å². The molecule has 0 heterocycles. The summed E-state index contributed by atoms with van der Waals surface area (Å²) in [5.41, 5.74) is 0.0238. The zero-order valence-electron chi connectivity index (χ0n) is 17.3. The van der Waals surface area contributed by atoms with E-state index in [1.807, 2.05) is 0 Å². The standard InChI is InChI=1S/C22H22O8S3/c23-21(24)17-5-9-19(10-6-17)32(27,28)15-3-1-13-31-14-2-4-16-33(29,30)20-11-7-18(8-12-20)22(25)26/h1-12H,13-16H2,(H,23,24)(H,25,26)/b3-1+,4-2+. The van der Waals surface area contributed by atoms with Gasteiger partial charge in [0.25, 0.3) is 0 Å². The van der Waals surface area contributed by atoms with E-state index < -0.39 is 31.6 Å². The SMILES string of the molecule is O=C(O)c1ccc(S(=O)(=O)C/C=C/CSC/C=C/CS(=O)(=O)c2ccc(C(=O)O)cc2)cc1. The fourth-order valence-electron chi connectivity index (χ4n) is 2.53. The van der Waals surface area contributed by atoms with E-state index in [0.717, 1.165) is 0 Å². The normalized spacial score (nSPS) is 12.4. The fourth-order valence-corrected chi connectivity index (χ4v) is 5.48. The summed E-state index contributed by atoms with van der Waals surface area (Å²) >= 11 is 1.46. The number of rotatable bonds is 12. The molecule has 0 aliphatic carbocycles. The molecule has 11 heteroatoms. The van der Waals surface area contributed by atoms with Gasteiger partial charge >= 0.3 is 11.9 Å². The number of thioether (sulfide) groups is 1. The van der Waals surface area contributed by atoms with E-state index in [9.17, 15) is 26.4 Å². The Hall–Kier alpha value is -2.89. The van der Waals surface area contributed by atoms with Crippen LogP contribution in [0.25, 0.3) is 0 Å². The van der Waals surface area contributed by atoms with Gasteiger partial charge in [-0.2, -0.15) is 11.8 Å². The highest BCUT2D eigenvalue weighted by atomic mass is 32.2. The smallest absolute Gasteiger partial charge is 0.335 e. The molecule has 0 aliphatic heterocycles. The minimum absolute atomic E-state index is 0.0119. The van der Waals surface area contributed by atoms with Gasteiger partial charge in [-0.05, 0) is 48.5 Å². The van der Waals surface area contributed by atoms with Crippen LogP contribution in [0.3, 0.4) is 0 Å². The van der Waals surface area contributed by atoms with Gasteiger partial charge in [0, 0.05) is 11.5 Å². The predicted molar refractivity (Wildman–Crippen MR) is 127 cm³/mol. The van der Waals surface area contributed by atoms with Crippen LogP contribution in [0.1, 0.15) is 20.7 Å². The first-order valence-electron chi connectivity index (χ1n) is 9.53. The molecule has 0 saturated carbocycles. The van der Waals surface area contributed by atoms with Gasteiger partial charge in [-0.3, -0.25) is 0 Å². The molecule has 0 unspecified atom stereocenters. The number of hydrogen-bond acceptors (Lipinski definition) is 7. The lowest BCUT2D eigenvalue weighted by molar-refractivity contribution is 0.0686. The van der Waals surface area contributed by atoms with E-state index in [-0.39, 0.29) is 32.4 Å². The first-order valence-corrected chi connectivity index (χ1v) is 14.0. The van der Waals surface area contributed by atoms with Crippen molar-refractivity contribution in [1.82, 2.24) is 0 Å². The maximum Gasteiger partial charge on any atom is 0.335 e. The predicted octanol–water partition coefficient (Wildman–Crippen LogP) is 3.18. The molecular weight excluding hydrogens is 488 g/mol. The van der Waals surface area contributed by atoms with Crippen molar-refractivity contribution in [3.05, 3.63) is 84.0 Å². The molecule has 0 saturated heterocycles. The van der Waals surface area contributed by atoms with Crippen LogP contribution in [0, 0.1) is 0 Å². The van der Waals surface area contributed by atoms with Gasteiger partial charge in [-0.1, -0.05) is 24.3 Å². The van der Waals surface area contributed by atoms with Crippen molar-refractivity contribution in [3.63, 3.8) is 0 Å². The molecule has 8 nitrogen and oxygen atoms in total. The number of aromatic carboxylic acids is 2. The molecule has 0 bridgehead atoms. The molecule has 0 fully saturated rings. The fraction of sp³-hybridized carbons (Fsp3) is 0.182. The second-order valence-corrected chi connectivity index (χ2v) is 11.8. The van der Waals surface area contributed by atoms with E-state index in [4.69, 9.17) is 10.2 Å². The summed E-state index contributed by atoms with van der Waals surface area (Å²) in [4.78, 5) is 21.8. The Bertz CT molecular complexity index is 1140. The third-order valence-electron chi connectivity index (χ3n) is 4.31. The van der Waals surface area contributed by atoms with E-state index in [1.165, 1.54) is 72.4 Å². The zero-order valence-corrected chi connectivity index (χ0v) is 19.8. The maximum absolute atomic E-state index is 12.2. The van der Waals surface area contributed by atoms with Gasteiger partial charge in [0.1, 0.15) is 0 Å². The zero-order chi connectivity index (χ0) is 24.5. The molecule has 0 atom stereocenters. The summed E-state index contributed by atoms with van der Waals surface area (Å²) in [6.45, 7) is 0. The number of benzene rings is 2. The summed E-state index contributed by atoms with van der Waals surface area (Å²) in [6, 6.07) is 10.0. The van der Waals surface area contributed by atoms with Crippen LogP contribution in [0.5, 0.6) is 0 Å². The van der Waals surface area contributed by atoms with Crippen molar-refractivity contribution in [2.75, 3.05) is 23.0 Å². The number of sulfone groups is 2. The Morgan fingerprint density at radius 2 is 0.970 bits per heavy atom.